The Morgan fingerprint density at radius 2 is 1.26 bits per heavy atom. The number of hydrogen-bond donors (Lipinski definition) is 0. The highest BCUT2D eigenvalue weighted by molar-refractivity contribution is 6.10. The molecule has 178 valence electrons. The first-order valence-electron chi connectivity index (χ1n) is 11.4. The Kier molecular flexibility index (Phi) is 6.61. The minimum Gasteiger partial charge on any atom is -0.465 e. The van der Waals surface area contributed by atoms with E-state index in [0.29, 0.717) is 5.69 Å². The maximum Gasteiger partial charge on any atom is 0.340 e. The van der Waals surface area contributed by atoms with Crippen molar-refractivity contribution in [2.24, 2.45) is 0 Å². The molecular formula is C30H29NO4. The summed E-state index contributed by atoms with van der Waals surface area (Å²) >= 11 is 0. The van der Waals surface area contributed by atoms with Gasteiger partial charge in [0.1, 0.15) is 0 Å². The third kappa shape index (κ3) is 4.62. The van der Waals surface area contributed by atoms with Gasteiger partial charge in [-0.15, -0.1) is 0 Å². The zero-order valence-electron chi connectivity index (χ0n) is 20.7. The van der Waals surface area contributed by atoms with Gasteiger partial charge in [-0.2, -0.15) is 0 Å². The molecule has 0 N–H and O–H groups in total. The van der Waals surface area contributed by atoms with Crippen molar-refractivity contribution in [2.45, 2.75) is 26.2 Å². The molecule has 0 aliphatic heterocycles. The van der Waals surface area contributed by atoms with E-state index in [-0.39, 0.29) is 16.5 Å². The van der Waals surface area contributed by atoms with E-state index in [1.54, 1.807) is 0 Å². The van der Waals surface area contributed by atoms with Crippen LogP contribution >= 0.6 is 0 Å². The molecule has 0 bridgehead atoms. The van der Waals surface area contributed by atoms with Crippen LogP contribution in [0.15, 0.2) is 84.9 Å². The number of fused-ring (bicyclic) bond motifs is 1. The van der Waals surface area contributed by atoms with Crippen LogP contribution in [0.3, 0.4) is 0 Å². The number of carbonyl (C=O) groups excluding carboxylic acids is 2. The van der Waals surface area contributed by atoms with E-state index in [4.69, 9.17) is 9.47 Å². The SMILES string of the molecule is COC(=O)c1cc(C(C)(C)C)cc(C(=O)OC)c1N(c1ccccc1)c1cccc2ccccc12. The molecule has 0 saturated carbocycles. The molecule has 4 aromatic carbocycles. The number of rotatable bonds is 5. The van der Waals surface area contributed by atoms with Gasteiger partial charge in [0.05, 0.1) is 36.7 Å². The lowest BCUT2D eigenvalue weighted by atomic mass is 9.84. The highest BCUT2D eigenvalue weighted by Crippen LogP contribution is 2.44. The first-order chi connectivity index (χ1) is 16.8. The molecule has 0 radical (unpaired) electrons. The highest BCUT2D eigenvalue weighted by atomic mass is 16.5. The molecule has 0 saturated heterocycles. The van der Waals surface area contributed by atoms with Gasteiger partial charge in [-0.05, 0) is 46.7 Å². The van der Waals surface area contributed by atoms with Crippen LogP contribution < -0.4 is 4.90 Å². The number of esters is 2. The standard InChI is InChI=1S/C30H29NO4/c1-30(2,3)21-18-24(28(32)34-4)27(25(19-21)29(33)35-5)31(22-14-7-6-8-15-22)26-17-11-13-20-12-9-10-16-23(20)26/h6-19H,1-5H3. The molecule has 0 atom stereocenters. The van der Waals surface area contributed by atoms with E-state index < -0.39 is 11.9 Å². The predicted molar refractivity (Wildman–Crippen MR) is 140 cm³/mol. The number of para-hydroxylation sites is 1. The van der Waals surface area contributed by atoms with E-state index in [9.17, 15) is 9.59 Å². The molecule has 0 fully saturated rings. The lowest BCUT2D eigenvalue weighted by molar-refractivity contribution is 0.0601. The summed E-state index contributed by atoms with van der Waals surface area (Å²) in [4.78, 5) is 28.4. The first kappa shape index (κ1) is 24.0. The van der Waals surface area contributed by atoms with Crippen LogP contribution in [0.1, 0.15) is 47.1 Å². The molecule has 0 aliphatic carbocycles. The Hall–Kier alpha value is -4.12. The highest BCUT2D eigenvalue weighted by Gasteiger charge is 2.31. The molecule has 5 heteroatoms. The topological polar surface area (TPSA) is 55.8 Å². The summed E-state index contributed by atoms with van der Waals surface area (Å²) in [5.74, 6) is -1.06. The monoisotopic (exact) mass is 467 g/mol. The van der Waals surface area contributed by atoms with Crippen LogP contribution in [0, 0.1) is 0 Å². The number of carbonyl (C=O) groups is 2. The Morgan fingerprint density at radius 3 is 1.83 bits per heavy atom. The number of anilines is 3. The average Bonchev–Trinajstić information content (AvgIpc) is 2.88. The summed E-state index contributed by atoms with van der Waals surface area (Å²) in [6.07, 6.45) is 0. The quantitative estimate of drug-likeness (QED) is 0.291. The van der Waals surface area contributed by atoms with E-state index in [1.807, 2.05) is 111 Å². The van der Waals surface area contributed by atoms with E-state index in [2.05, 4.69) is 0 Å². The summed E-state index contributed by atoms with van der Waals surface area (Å²) < 4.78 is 10.4. The summed E-state index contributed by atoms with van der Waals surface area (Å²) in [6.45, 7) is 6.09. The van der Waals surface area contributed by atoms with Crippen LogP contribution in [-0.2, 0) is 14.9 Å². The lowest BCUT2D eigenvalue weighted by Crippen LogP contribution is -2.22. The van der Waals surface area contributed by atoms with Gasteiger partial charge in [-0.1, -0.05) is 75.4 Å². The Labute approximate surface area is 205 Å². The van der Waals surface area contributed by atoms with Crippen LogP contribution in [0.5, 0.6) is 0 Å². The number of methoxy groups -OCH3 is 2. The molecule has 0 aromatic heterocycles. The molecular weight excluding hydrogens is 438 g/mol. The van der Waals surface area contributed by atoms with Gasteiger partial charge in [0, 0.05) is 11.1 Å². The fraction of sp³-hybridized carbons (Fsp3) is 0.200. The fourth-order valence-electron chi connectivity index (χ4n) is 4.21. The van der Waals surface area contributed by atoms with Gasteiger partial charge < -0.3 is 14.4 Å². The summed E-state index contributed by atoms with van der Waals surface area (Å²) in [5, 5.41) is 2.02. The van der Waals surface area contributed by atoms with E-state index >= 15 is 0 Å². The van der Waals surface area contributed by atoms with Gasteiger partial charge >= 0.3 is 11.9 Å². The van der Waals surface area contributed by atoms with Crippen LogP contribution in [0.25, 0.3) is 10.8 Å². The largest absolute Gasteiger partial charge is 0.465 e. The van der Waals surface area contributed by atoms with Crippen molar-refractivity contribution in [3.8, 4) is 0 Å². The van der Waals surface area contributed by atoms with Crippen molar-refractivity contribution in [3.63, 3.8) is 0 Å². The molecule has 35 heavy (non-hydrogen) atoms. The number of nitrogens with zero attached hydrogens (tertiary/aromatic N) is 1. The van der Waals surface area contributed by atoms with Crippen molar-refractivity contribution >= 4 is 39.8 Å². The van der Waals surface area contributed by atoms with E-state index in [1.165, 1.54) is 14.2 Å². The van der Waals surface area contributed by atoms with Gasteiger partial charge in [0.25, 0.3) is 0 Å². The third-order valence-corrected chi connectivity index (χ3v) is 6.03. The van der Waals surface area contributed by atoms with Gasteiger partial charge in [-0.3, -0.25) is 0 Å². The first-order valence-corrected chi connectivity index (χ1v) is 11.4. The molecule has 4 aromatic rings. The van der Waals surface area contributed by atoms with Gasteiger partial charge in [0.2, 0.25) is 0 Å². The van der Waals surface area contributed by atoms with Crippen molar-refractivity contribution in [1.29, 1.82) is 0 Å². The third-order valence-electron chi connectivity index (χ3n) is 6.03. The second kappa shape index (κ2) is 9.63. The summed E-state index contributed by atoms with van der Waals surface area (Å²) in [6, 6.07) is 27.3. The normalized spacial score (nSPS) is 11.2. The lowest BCUT2D eigenvalue weighted by Gasteiger charge is -2.31. The zero-order chi connectivity index (χ0) is 25.2. The minimum atomic E-state index is -0.530. The van der Waals surface area contributed by atoms with Crippen molar-refractivity contribution in [2.75, 3.05) is 19.1 Å². The number of benzene rings is 4. The van der Waals surface area contributed by atoms with Gasteiger partial charge in [-0.25, -0.2) is 9.59 Å². The summed E-state index contributed by atoms with van der Waals surface area (Å²) in [5.41, 5.74) is 3.12. The van der Waals surface area contributed by atoms with Crippen molar-refractivity contribution in [1.82, 2.24) is 0 Å². The number of ether oxygens (including phenoxy) is 2. The molecule has 0 aliphatic rings. The van der Waals surface area contributed by atoms with Crippen LogP contribution in [-0.4, -0.2) is 26.2 Å². The van der Waals surface area contributed by atoms with Crippen molar-refractivity contribution < 1.29 is 19.1 Å². The fourth-order valence-corrected chi connectivity index (χ4v) is 4.21. The molecule has 4 rings (SSSR count). The molecule has 5 nitrogen and oxygen atoms in total. The second-order valence-corrected chi connectivity index (χ2v) is 9.32. The molecule has 0 spiro atoms. The zero-order valence-corrected chi connectivity index (χ0v) is 20.7. The average molecular weight is 468 g/mol. The predicted octanol–water partition coefficient (Wildman–Crippen LogP) is 7.18. The summed E-state index contributed by atoms with van der Waals surface area (Å²) in [7, 11) is 2.69. The van der Waals surface area contributed by atoms with Crippen LogP contribution in [0.4, 0.5) is 17.1 Å². The maximum absolute atomic E-state index is 13.2. The second-order valence-electron chi connectivity index (χ2n) is 9.32. The number of hydrogen-bond acceptors (Lipinski definition) is 5. The molecule has 0 unspecified atom stereocenters. The van der Waals surface area contributed by atoms with Crippen LogP contribution in [0.2, 0.25) is 0 Å². The Bertz CT molecular complexity index is 1340. The smallest absolute Gasteiger partial charge is 0.340 e. The maximum atomic E-state index is 13.2. The van der Waals surface area contributed by atoms with Gasteiger partial charge in [0.15, 0.2) is 0 Å². The van der Waals surface area contributed by atoms with Crippen molar-refractivity contribution in [3.05, 3.63) is 102 Å². The van der Waals surface area contributed by atoms with E-state index in [0.717, 1.165) is 27.7 Å². The molecule has 0 amide bonds. The Morgan fingerprint density at radius 1 is 0.714 bits per heavy atom. The minimum absolute atomic E-state index is 0.289. The molecule has 0 heterocycles. The Balaban J connectivity index is 2.17.